The van der Waals surface area contributed by atoms with Crippen LogP contribution in [0, 0.1) is 0 Å². The molecular formula is C12H10F3NO3. The molecule has 1 N–H and O–H groups in total. The van der Waals surface area contributed by atoms with E-state index in [1.165, 1.54) is 18.2 Å². The van der Waals surface area contributed by atoms with Gasteiger partial charge in [-0.2, -0.15) is 13.2 Å². The summed E-state index contributed by atoms with van der Waals surface area (Å²) in [4.78, 5) is 22.8. The van der Waals surface area contributed by atoms with Gasteiger partial charge in [0.1, 0.15) is 0 Å². The van der Waals surface area contributed by atoms with Crippen LogP contribution in [0.3, 0.4) is 0 Å². The van der Waals surface area contributed by atoms with Crippen molar-refractivity contribution in [2.45, 2.75) is 19.1 Å². The molecule has 0 spiro atoms. The molecule has 1 aromatic carbocycles. The lowest BCUT2D eigenvalue weighted by atomic mass is 9.94. The van der Waals surface area contributed by atoms with Crippen LogP contribution in [-0.2, 0) is 17.8 Å². The van der Waals surface area contributed by atoms with E-state index in [9.17, 15) is 22.8 Å². The van der Waals surface area contributed by atoms with Crippen molar-refractivity contribution in [3.63, 3.8) is 0 Å². The number of nitrogens with zero attached hydrogens (tertiary/aromatic N) is 1. The summed E-state index contributed by atoms with van der Waals surface area (Å²) < 4.78 is 37.0. The van der Waals surface area contributed by atoms with Gasteiger partial charge in [-0.1, -0.05) is 12.1 Å². The molecule has 0 atom stereocenters. The van der Waals surface area contributed by atoms with Crippen LogP contribution in [0.2, 0.25) is 0 Å². The van der Waals surface area contributed by atoms with Gasteiger partial charge in [-0.05, 0) is 23.6 Å². The zero-order valence-corrected chi connectivity index (χ0v) is 9.70. The molecule has 0 saturated carbocycles. The normalized spacial score (nSPS) is 15.0. The van der Waals surface area contributed by atoms with Gasteiger partial charge >= 0.3 is 18.1 Å². The second kappa shape index (κ2) is 4.56. The molecule has 1 amide bonds. The summed E-state index contributed by atoms with van der Waals surface area (Å²) in [6.45, 7) is -0.343. The van der Waals surface area contributed by atoms with E-state index in [4.69, 9.17) is 5.11 Å². The minimum absolute atomic E-state index is 0.0802. The number of benzene rings is 1. The maximum atomic E-state index is 12.3. The van der Waals surface area contributed by atoms with Gasteiger partial charge in [0.2, 0.25) is 0 Å². The number of fused-ring (bicyclic) bond motifs is 1. The maximum absolute atomic E-state index is 12.3. The molecule has 0 fully saturated rings. The summed E-state index contributed by atoms with van der Waals surface area (Å²) in [5.74, 6) is -3.01. The van der Waals surface area contributed by atoms with Crippen molar-refractivity contribution in [3.05, 3.63) is 34.9 Å². The number of carboxylic acids is 1. The molecule has 2 rings (SSSR count). The lowest BCUT2D eigenvalue weighted by molar-refractivity contribution is -0.186. The lowest BCUT2D eigenvalue weighted by Gasteiger charge is -2.30. The largest absolute Gasteiger partial charge is 0.478 e. The number of hydrogen-bond acceptors (Lipinski definition) is 2. The van der Waals surface area contributed by atoms with E-state index >= 15 is 0 Å². The van der Waals surface area contributed by atoms with E-state index in [1.54, 1.807) is 0 Å². The summed E-state index contributed by atoms with van der Waals surface area (Å²) in [6.07, 6.45) is -4.79. The predicted octanol–water partition coefficient (Wildman–Crippen LogP) is 1.83. The Hall–Kier alpha value is -2.05. The van der Waals surface area contributed by atoms with Crippen LogP contribution in [0.25, 0.3) is 0 Å². The number of halogens is 3. The van der Waals surface area contributed by atoms with Gasteiger partial charge in [0, 0.05) is 13.1 Å². The average Bonchev–Trinajstić information content (AvgIpc) is 2.35. The summed E-state index contributed by atoms with van der Waals surface area (Å²) in [7, 11) is 0. The van der Waals surface area contributed by atoms with E-state index in [2.05, 4.69) is 0 Å². The van der Waals surface area contributed by atoms with Crippen LogP contribution in [0.1, 0.15) is 21.5 Å². The Morgan fingerprint density at radius 1 is 1.26 bits per heavy atom. The fourth-order valence-electron chi connectivity index (χ4n) is 2.16. The molecule has 1 aromatic rings. The van der Waals surface area contributed by atoms with Gasteiger partial charge in [-0.25, -0.2) is 4.79 Å². The number of rotatable bonds is 1. The maximum Gasteiger partial charge on any atom is 0.471 e. The Labute approximate surface area is 106 Å². The topological polar surface area (TPSA) is 57.6 Å². The molecular weight excluding hydrogens is 263 g/mol. The molecule has 19 heavy (non-hydrogen) atoms. The minimum atomic E-state index is -4.90. The van der Waals surface area contributed by atoms with Crippen molar-refractivity contribution in [2.24, 2.45) is 0 Å². The molecule has 0 radical (unpaired) electrons. The second-order valence-electron chi connectivity index (χ2n) is 4.22. The highest BCUT2D eigenvalue weighted by Gasteiger charge is 2.43. The highest BCUT2D eigenvalue weighted by atomic mass is 19.4. The molecule has 0 saturated heterocycles. The van der Waals surface area contributed by atoms with Crippen LogP contribution in [0.15, 0.2) is 18.2 Å². The molecule has 0 unspecified atom stereocenters. The van der Waals surface area contributed by atoms with Gasteiger partial charge in [0.05, 0.1) is 5.56 Å². The van der Waals surface area contributed by atoms with Gasteiger partial charge in [0.15, 0.2) is 0 Å². The number of amides is 1. The first-order valence-corrected chi connectivity index (χ1v) is 5.51. The minimum Gasteiger partial charge on any atom is -0.478 e. The molecule has 1 aliphatic heterocycles. The van der Waals surface area contributed by atoms with E-state index in [0.717, 1.165) is 0 Å². The summed E-state index contributed by atoms with van der Waals surface area (Å²) in [6, 6.07) is 4.41. The number of carbonyl (C=O) groups excluding carboxylic acids is 1. The number of aromatic carboxylic acids is 1. The fraction of sp³-hybridized carbons (Fsp3) is 0.333. The fourth-order valence-corrected chi connectivity index (χ4v) is 2.16. The molecule has 0 aromatic heterocycles. The average molecular weight is 273 g/mol. The predicted molar refractivity (Wildman–Crippen MR) is 58.6 cm³/mol. The number of carbonyl (C=O) groups is 2. The highest BCUT2D eigenvalue weighted by molar-refractivity contribution is 5.90. The van der Waals surface area contributed by atoms with Crippen LogP contribution in [-0.4, -0.2) is 34.6 Å². The summed E-state index contributed by atoms with van der Waals surface area (Å²) in [5.41, 5.74) is 1.03. The third-order valence-electron chi connectivity index (χ3n) is 3.03. The first kappa shape index (κ1) is 13.4. The Balaban J connectivity index is 2.29. The SMILES string of the molecule is O=C(O)c1cccc2c1CCN(C(=O)C(F)(F)F)C2. The van der Waals surface area contributed by atoms with Gasteiger partial charge in [0.25, 0.3) is 0 Å². The van der Waals surface area contributed by atoms with Crippen LogP contribution in [0.4, 0.5) is 13.2 Å². The van der Waals surface area contributed by atoms with Gasteiger partial charge in [-0.15, -0.1) is 0 Å². The molecule has 0 aliphatic carbocycles. The van der Waals surface area contributed by atoms with Gasteiger partial charge < -0.3 is 10.0 Å². The zero-order valence-electron chi connectivity index (χ0n) is 9.70. The van der Waals surface area contributed by atoms with E-state index in [1.807, 2.05) is 0 Å². The molecule has 1 aliphatic rings. The van der Waals surface area contributed by atoms with Crippen LogP contribution < -0.4 is 0 Å². The Kier molecular flexibility index (Phi) is 3.21. The van der Waals surface area contributed by atoms with Crippen molar-refractivity contribution >= 4 is 11.9 Å². The number of alkyl halides is 3. The summed E-state index contributed by atoms with van der Waals surface area (Å²) >= 11 is 0. The zero-order chi connectivity index (χ0) is 14.2. The van der Waals surface area contributed by atoms with E-state index < -0.39 is 18.1 Å². The van der Waals surface area contributed by atoms with Crippen molar-refractivity contribution in [1.29, 1.82) is 0 Å². The Morgan fingerprint density at radius 2 is 1.95 bits per heavy atom. The molecule has 102 valence electrons. The Morgan fingerprint density at radius 3 is 2.53 bits per heavy atom. The van der Waals surface area contributed by atoms with Crippen molar-refractivity contribution < 1.29 is 27.9 Å². The standard InChI is InChI=1S/C12H10F3NO3/c13-12(14,15)11(19)16-5-4-8-7(6-16)2-1-3-9(8)10(17)18/h1-3H,4-6H2,(H,17,18). The van der Waals surface area contributed by atoms with Gasteiger partial charge in [-0.3, -0.25) is 4.79 Å². The number of carboxylic acid groups (broad SMARTS) is 1. The second-order valence-corrected chi connectivity index (χ2v) is 4.22. The smallest absolute Gasteiger partial charge is 0.471 e. The van der Waals surface area contributed by atoms with Crippen molar-refractivity contribution in [3.8, 4) is 0 Å². The molecule has 7 heteroatoms. The monoisotopic (exact) mass is 273 g/mol. The molecule has 1 heterocycles. The highest BCUT2D eigenvalue weighted by Crippen LogP contribution is 2.26. The van der Waals surface area contributed by atoms with Crippen molar-refractivity contribution in [1.82, 2.24) is 4.90 Å². The lowest BCUT2D eigenvalue weighted by Crippen LogP contribution is -2.44. The van der Waals surface area contributed by atoms with E-state index in [-0.39, 0.29) is 25.1 Å². The first-order valence-electron chi connectivity index (χ1n) is 5.51. The Bertz CT molecular complexity index is 540. The quantitative estimate of drug-likeness (QED) is 0.849. The summed E-state index contributed by atoms with van der Waals surface area (Å²) in [5, 5.41) is 8.98. The van der Waals surface area contributed by atoms with Crippen LogP contribution >= 0.6 is 0 Å². The third kappa shape index (κ3) is 2.54. The third-order valence-corrected chi connectivity index (χ3v) is 3.03. The molecule has 0 bridgehead atoms. The molecule has 4 nitrogen and oxygen atoms in total. The number of hydrogen-bond donors (Lipinski definition) is 1. The van der Waals surface area contributed by atoms with E-state index in [0.29, 0.717) is 16.0 Å². The first-order chi connectivity index (χ1) is 8.80. The van der Waals surface area contributed by atoms with Crippen LogP contribution in [0.5, 0.6) is 0 Å². The van der Waals surface area contributed by atoms with Crippen molar-refractivity contribution in [2.75, 3.05) is 6.54 Å².